The van der Waals surface area contributed by atoms with Gasteiger partial charge in [0.25, 0.3) is 0 Å². The van der Waals surface area contributed by atoms with Gasteiger partial charge >= 0.3 is 11.4 Å². The van der Waals surface area contributed by atoms with Gasteiger partial charge in [0.2, 0.25) is 0 Å². The molecule has 5 heteroatoms. The van der Waals surface area contributed by atoms with Gasteiger partial charge in [-0.15, -0.1) is 0 Å². The number of nitrogens with zero attached hydrogens (tertiary/aromatic N) is 3. The molecule has 1 heterocycles. The molecule has 3 fully saturated rings. The molecule has 0 radical (unpaired) electrons. The van der Waals surface area contributed by atoms with Gasteiger partial charge in [0, 0.05) is 18.7 Å². The number of benzene rings is 1. The predicted octanol–water partition coefficient (Wildman–Crippen LogP) is 8.81. The molecule has 10 atom stereocenters. The zero-order valence-corrected chi connectivity index (χ0v) is 29.5. The average Bonchev–Trinajstić information content (AvgIpc) is 3.47. The first-order valence-corrected chi connectivity index (χ1v) is 18.2. The van der Waals surface area contributed by atoms with Crippen LogP contribution >= 0.6 is 0 Å². The Hall–Kier alpha value is -2.56. The number of para-hydroxylation sites is 1. The van der Waals surface area contributed by atoms with Crippen LogP contribution in [0.4, 0.5) is 0 Å². The minimum atomic E-state index is -0.266. The van der Waals surface area contributed by atoms with Crippen LogP contribution in [0, 0.1) is 70.0 Å². The molecule has 45 heavy (non-hydrogen) atoms. The lowest BCUT2D eigenvalue weighted by molar-refractivity contribution is -0.0703. The van der Waals surface area contributed by atoms with E-state index in [9.17, 15) is 9.59 Å². The second-order valence-corrected chi connectivity index (χ2v) is 16.9. The maximum Gasteiger partial charge on any atom is 0.356 e. The summed E-state index contributed by atoms with van der Waals surface area (Å²) in [6, 6.07) is 9.44. The number of allylic oxidation sites excluding steroid dienone is 4. The Morgan fingerprint density at radius 2 is 1.49 bits per heavy atom. The number of hydrogen-bond donors (Lipinski definition) is 0. The van der Waals surface area contributed by atoms with Crippen molar-refractivity contribution in [1.29, 1.82) is 0 Å². The maximum absolute atomic E-state index is 14.3. The zero-order chi connectivity index (χ0) is 32.4. The molecule has 246 valence electrons. The van der Waals surface area contributed by atoms with Crippen LogP contribution in [0.25, 0.3) is 11.4 Å². The lowest BCUT2D eigenvalue weighted by Gasteiger charge is -2.60. The summed E-state index contributed by atoms with van der Waals surface area (Å²) in [5.41, 5.74) is 1.67. The Kier molecular flexibility index (Phi) is 8.57. The Morgan fingerprint density at radius 3 is 2.16 bits per heavy atom. The first-order valence-electron chi connectivity index (χ1n) is 18.2. The predicted molar refractivity (Wildman–Crippen MR) is 186 cm³/mol. The van der Waals surface area contributed by atoms with Gasteiger partial charge in [-0.1, -0.05) is 91.8 Å². The van der Waals surface area contributed by atoms with Crippen molar-refractivity contribution < 1.29 is 0 Å². The molecule has 0 bridgehead atoms. The van der Waals surface area contributed by atoms with Crippen LogP contribution in [0.1, 0.15) is 100 Å². The van der Waals surface area contributed by atoms with Gasteiger partial charge in [-0.2, -0.15) is 0 Å². The minimum absolute atomic E-state index is 0.127. The molecule has 4 aliphatic rings. The topological polar surface area (TPSA) is 48.9 Å². The summed E-state index contributed by atoms with van der Waals surface area (Å²) in [5, 5.41) is 0. The Labute approximate surface area is 271 Å². The smallest absolute Gasteiger partial charge is 0.246 e. The van der Waals surface area contributed by atoms with Crippen LogP contribution < -0.4 is 11.4 Å². The van der Waals surface area contributed by atoms with Crippen LogP contribution in [0.15, 0.2) is 58.1 Å². The Bertz CT molecular complexity index is 1560. The van der Waals surface area contributed by atoms with Gasteiger partial charge in [-0.25, -0.2) is 23.5 Å². The third kappa shape index (κ3) is 5.19. The van der Waals surface area contributed by atoms with E-state index in [0.717, 1.165) is 12.1 Å². The van der Waals surface area contributed by atoms with E-state index in [0.29, 0.717) is 64.4 Å². The fourth-order valence-electron chi connectivity index (χ4n) is 10.8. The summed E-state index contributed by atoms with van der Waals surface area (Å²) in [7, 11) is 1.79. The Balaban J connectivity index is 1.45. The van der Waals surface area contributed by atoms with Crippen molar-refractivity contribution in [1.82, 2.24) is 13.9 Å². The minimum Gasteiger partial charge on any atom is -0.246 e. The fraction of sp³-hybridized carbons (Fsp3) is 0.700. The molecule has 4 aliphatic carbocycles. The third-order valence-electron chi connectivity index (χ3n) is 14.1. The molecule has 3 saturated carbocycles. The van der Waals surface area contributed by atoms with Crippen molar-refractivity contribution in [3.8, 4) is 5.69 Å². The number of hydrogen-bond acceptors (Lipinski definition) is 2. The van der Waals surface area contributed by atoms with E-state index < -0.39 is 0 Å². The van der Waals surface area contributed by atoms with Gasteiger partial charge in [0.1, 0.15) is 0 Å². The van der Waals surface area contributed by atoms with Crippen molar-refractivity contribution in [2.75, 3.05) is 0 Å². The molecule has 0 spiro atoms. The van der Waals surface area contributed by atoms with E-state index in [1.54, 1.807) is 16.4 Å². The van der Waals surface area contributed by atoms with Gasteiger partial charge in [-0.3, -0.25) is 0 Å². The molecule has 5 nitrogen and oxygen atoms in total. The maximum atomic E-state index is 14.3. The van der Waals surface area contributed by atoms with Crippen molar-refractivity contribution in [3.63, 3.8) is 0 Å². The van der Waals surface area contributed by atoms with E-state index in [1.807, 2.05) is 30.3 Å². The lowest BCUT2D eigenvalue weighted by atomic mass is 9.45. The molecule has 0 saturated heterocycles. The number of fused-ring (bicyclic) bond motifs is 5. The molecular weight excluding hydrogens is 554 g/mol. The molecule has 0 amide bonds. The van der Waals surface area contributed by atoms with Gasteiger partial charge < -0.3 is 0 Å². The number of rotatable bonds is 7. The molecule has 2 aromatic rings. The van der Waals surface area contributed by atoms with E-state index in [-0.39, 0.29) is 22.7 Å². The van der Waals surface area contributed by atoms with Crippen LogP contribution in [0.5, 0.6) is 0 Å². The van der Waals surface area contributed by atoms with Crippen LogP contribution in [-0.2, 0) is 7.05 Å². The third-order valence-corrected chi connectivity index (χ3v) is 14.1. The summed E-state index contributed by atoms with van der Waals surface area (Å²) in [6.07, 6.45) is 16.2. The second kappa shape index (κ2) is 11.9. The summed E-state index contributed by atoms with van der Waals surface area (Å²) in [5.74, 6) is 5.72. The van der Waals surface area contributed by atoms with E-state index in [1.165, 1.54) is 43.1 Å². The van der Waals surface area contributed by atoms with E-state index >= 15 is 0 Å². The largest absolute Gasteiger partial charge is 0.356 e. The van der Waals surface area contributed by atoms with Crippen molar-refractivity contribution in [2.45, 2.75) is 100 Å². The van der Waals surface area contributed by atoms with Gasteiger partial charge in [-0.05, 0) is 121 Å². The first-order chi connectivity index (χ1) is 21.3. The second-order valence-electron chi connectivity index (χ2n) is 16.9. The quantitative estimate of drug-likeness (QED) is 0.293. The van der Waals surface area contributed by atoms with Crippen LogP contribution in [0.2, 0.25) is 0 Å². The molecule has 3 unspecified atom stereocenters. The van der Waals surface area contributed by atoms with Crippen molar-refractivity contribution in [2.24, 2.45) is 77.1 Å². The lowest BCUT2D eigenvalue weighted by Crippen LogP contribution is -2.54. The molecule has 6 rings (SSSR count). The SMILES string of the molecule is CC(C)[C@H]1CC[C@@]2(C)C(C1)C(n1c(=O)n(-c3ccccc3)c(=O)n1C)=CC1[C@@H]2CC[C@]2(C)C([C@H](C)/C=C/[C@H](C)C(C)C)CC[C@@H]12. The standard InChI is InChI=1S/C40H59N3O2/c1-25(2)27(5)15-16-28(6)32-17-18-33-31-24-36(43-38(45)42(37(44)41(43)9)30-13-11-10-12-14-30)35-23-29(26(3)4)19-21-40(35,8)34(31)20-22-39(32,33)7/h10-16,24-29,31-35H,17-23H2,1-9H3/b16-15+/t27-,28+,29-,31?,32?,33-,34-,35?,39+,40+/m0/s1. The van der Waals surface area contributed by atoms with Crippen LogP contribution in [-0.4, -0.2) is 13.9 Å². The average molecular weight is 614 g/mol. The van der Waals surface area contributed by atoms with Crippen molar-refractivity contribution >= 4 is 5.70 Å². The highest BCUT2D eigenvalue weighted by molar-refractivity contribution is 5.53. The normalized spacial score (nSPS) is 36.1. The molecule has 1 aromatic heterocycles. The molecular formula is C40H59N3O2. The van der Waals surface area contributed by atoms with Crippen LogP contribution in [0.3, 0.4) is 0 Å². The summed E-state index contributed by atoms with van der Waals surface area (Å²) in [6.45, 7) is 19.3. The molecule has 0 aliphatic heterocycles. The van der Waals surface area contributed by atoms with Gasteiger partial charge in [0.15, 0.2) is 0 Å². The van der Waals surface area contributed by atoms with E-state index in [4.69, 9.17) is 0 Å². The van der Waals surface area contributed by atoms with Gasteiger partial charge in [0.05, 0.1) is 5.69 Å². The summed E-state index contributed by atoms with van der Waals surface area (Å²) in [4.78, 5) is 28.1. The molecule has 0 N–H and O–H groups in total. The summed E-state index contributed by atoms with van der Waals surface area (Å²) < 4.78 is 4.76. The Morgan fingerprint density at radius 1 is 0.822 bits per heavy atom. The number of aromatic nitrogens is 3. The highest BCUT2D eigenvalue weighted by atomic mass is 16.2. The fourth-order valence-corrected chi connectivity index (χ4v) is 10.8. The summed E-state index contributed by atoms with van der Waals surface area (Å²) >= 11 is 0. The van der Waals surface area contributed by atoms with Crippen molar-refractivity contribution in [3.05, 3.63) is 69.5 Å². The highest BCUT2D eigenvalue weighted by Gasteiger charge is 2.61. The first kappa shape index (κ1) is 32.4. The molecule has 1 aromatic carbocycles. The monoisotopic (exact) mass is 613 g/mol. The zero-order valence-electron chi connectivity index (χ0n) is 29.5. The van der Waals surface area contributed by atoms with E-state index in [2.05, 4.69) is 73.6 Å². The highest BCUT2D eigenvalue weighted by Crippen LogP contribution is 2.68.